The summed E-state index contributed by atoms with van der Waals surface area (Å²) >= 11 is 0. The van der Waals surface area contributed by atoms with Crippen LogP contribution in [0.4, 0.5) is 4.79 Å². The van der Waals surface area contributed by atoms with Gasteiger partial charge in [-0.2, -0.15) is 5.26 Å². The highest BCUT2D eigenvalue weighted by Crippen LogP contribution is 2.33. The van der Waals surface area contributed by atoms with Gasteiger partial charge in [0.05, 0.1) is 11.3 Å². The number of carbonyl (C=O) groups is 1. The minimum Gasteiger partial charge on any atom is -0.444 e. The molecule has 2 aromatic heterocycles. The van der Waals surface area contributed by atoms with Gasteiger partial charge < -0.3 is 14.6 Å². The molecule has 9 heteroatoms. The lowest BCUT2D eigenvalue weighted by atomic mass is 10.1. The van der Waals surface area contributed by atoms with Gasteiger partial charge >= 0.3 is 6.09 Å². The summed E-state index contributed by atoms with van der Waals surface area (Å²) in [6.07, 6.45) is 3.11. The third-order valence-electron chi connectivity index (χ3n) is 4.63. The van der Waals surface area contributed by atoms with Crippen molar-refractivity contribution < 1.29 is 17.9 Å². The third-order valence-corrected chi connectivity index (χ3v) is 5.88. The minimum absolute atomic E-state index is 0.264. The smallest absolute Gasteiger partial charge is 0.408 e. The molecule has 8 nitrogen and oxygen atoms in total. The summed E-state index contributed by atoms with van der Waals surface area (Å²) in [5.74, 6) is 0. The molecule has 1 amide bonds. The number of amides is 1. The van der Waals surface area contributed by atoms with Crippen LogP contribution >= 0.6 is 0 Å². The molecule has 0 aliphatic carbocycles. The zero-order valence-corrected chi connectivity index (χ0v) is 18.8. The van der Waals surface area contributed by atoms with E-state index in [1.807, 2.05) is 35.9 Å². The molecule has 1 atom stereocenters. The van der Waals surface area contributed by atoms with Crippen molar-refractivity contribution in [3.8, 4) is 17.3 Å². The standard InChI is InChI=1S/C22H24N4O4S/c1-22(2,3)30-21(27)25-20(31(5,28)29)15-10-14(12-24-13-15)19-17(11-23)16-8-6-7-9-18(16)26(19)4/h6-10,12-13,20H,1-5H3,(H,25,27). The van der Waals surface area contributed by atoms with Gasteiger partial charge in [0.15, 0.2) is 15.2 Å². The van der Waals surface area contributed by atoms with E-state index >= 15 is 0 Å². The fourth-order valence-corrected chi connectivity index (χ4v) is 4.36. The second-order valence-electron chi connectivity index (χ2n) is 8.27. The zero-order valence-electron chi connectivity index (χ0n) is 18.0. The van der Waals surface area contributed by atoms with Crippen molar-refractivity contribution in [3.05, 3.63) is 53.9 Å². The zero-order chi connectivity index (χ0) is 23.0. The number of pyridine rings is 1. The molecule has 3 aromatic rings. The van der Waals surface area contributed by atoms with E-state index in [4.69, 9.17) is 4.74 Å². The van der Waals surface area contributed by atoms with Gasteiger partial charge in [0.1, 0.15) is 11.7 Å². The molecule has 0 radical (unpaired) electrons. The fourth-order valence-electron chi connectivity index (χ4n) is 3.43. The van der Waals surface area contributed by atoms with Crippen LogP contribution in [0.2, 0.25) is 0 Å². The number of rotatable bonds is 4. The molecule has 0 spiro atoms. The highest BCUT2D eigenvalue weighted by atomic mass is 32.2. The number of hydrogen-bond donors (Lipinski definition) is 1. The van der Waals surface area contributed by atoms with Crippen LogP contribution in [0, 0.1) is 11.3 Å². The van der Waals surface area contributed by atoms with Crippen LogP contribution in [-0.4, -0.2) is 35.9 Å². The summed E-state index contributed by atoms with van der Waals surface area (Å²) in [4.78, 5) is 16.4. The van der Waals surface area contributed by atoms with Crippen LogP contribution in [0.15, 0.2) is 42.7 Å². The maximum Gasteiger partial charge on any atom is 0.408 e. The van der Waals surface area contributed by atoms with Gasteiger partial charge in [0.25, 0.3) is 0 Å². The highest BCUT2D eigenvalue weighted by Gasteiger charge is 2.28. The number of aryl methyl sites for hydroxylation is 1. The van der Waals surface area contributed by atoms with Crippen molar-refractivity contribution in [2.24, 2.45) is 7.05 Å². The van der Waals surface area contributed by atoms with Gasteiger partial charge in [-0.05, 0) is 32.9 Å². The van der Waals surface area contributed by atoms with Crippen LogP contribution in [0.1, 0.15) is 37.3 Å². The molecule has 0 saturated heterocycles. The SMILES string of the molecule is Cn1c(-c2cncc(C(NC(=O)OC(C)(C)C)S(C)(=O)=O)c2)c(C#N)c2ccccc21. The molecule has 3 rings (SSSR count). The highest BCUT2D eigenvalue weighted by molar-refractivity contribution is 7.90. The molecule has 0 bridgehead atoms. The molecule has 1 N–H and O–H groups in total. The lowest BCUT2D eigenvalue weighted by molar-refractivity contribution is 0.0519. The molecule has 0 aliphatic rings. The van der Waals surface area contributed by atoms with Gasteiger partial charge in [0.2, 0.25) is 0 Å². The summed E-state index contributed by atoms with van der Waals surface area (Å²) < 4.78 is 32.0. The van der Waals surface area contributed by atoms with Gasteiger partial charge in [0, 0.05) is 47.7 Å². The van der Waals surface area contributed by atoms with Crippen molar-refractivity contribution in [1.82, 2.24) is 14.9 Å². The van der Waals surface area contributed by atoms with Crippen LogP contribution in [0.5, 0.6) is 0 Å². The first-order chi connectivity index (χ1) is 14.4. The predicted octanol–water partition coefficient (Wildman–Crippen LogP) is 3.68. The molecule has 0 fully saturated rings. The Kier molecular flexibility index (Phi) is 5.79. The molecule has 0 saturated carbocycles. The normalized spacial score (nSPS) is 12.9. The first kappa shape index (κ1) is 22.3. The monoisotopic (exact) mass is 440 g/mol. The van der Waals surface area contributed by atoms with E-state index in [0.29, 0.717) is 16.8 Å². The van der Waals surface area contributed by atoms with E-state index in [1.54, 1.807) is 33.0 Å². The molecule has 31 heavy (non-hydrogen) atoms. The Morgan fingerprint density at radius 2 is 1.94 bits per heavy atom. The fraction of sp³-hybridized carbons (Fsp3) is 0.318. The summed E-state index contributed by atoms with van der Waals surface area (Å²) in [7, 11) is -1.91. The molecule has 162 valence electrons. The van der Waals surface area contributed by atoms with E-state index in [1.165, 1.54) is 6.20 Å². The lowest BCUT2D eigenvalue weighted by Crippen LogP contribution is -2.37. The van der Waals surface area contributed by atoms with Crippen LogP contribution < -0.4 is 5.32 Å². The average molecular weight is 441 g/mol. The molecule has 1 aromatic carbocycles. The van der Waals surface area contributed by atoms with Crippen molar-refractivity contribution in [2.75, 3.05) is 6.26 Å². The quantitative estimate of drug-likeness (QED) is 0.662. The number of nitrogens with one attached hydrogen (secondary N) is 1. The Labute approximate surface area is 181 Å². The topological polar surface area (TPSA) is 114 Å². The van der Waals surface area contributed by atoms with E-state index < -0.39 is 26.9 Å². The van der Waals surface area contributed by atoms with Crippen molar-refractivity contribution >= 4 is 26.8 Å². The summed E-state index contributed by atoms with van der Waals surface area (Å²) in [6.45, 7) is 5.06. The number of carbonyl (C=O) groups excluding carboxylic acids is 1. The number of hydrogen-bond acceptors (Lipinski definition) is 6. The Bertz CT molecular complexity index is 1300. The maximum atomic E-state index is 12.5. The van der Waals surface area contributed by atoms with Crippen molar-refractivity contribution in [3.63, 3.8) is 0 Å². The summed E-state index contributed by atoms with van der Waals surface area (Å²) in [6, 6.07) is 11.4. The average Bonchev–Trinajstić information content (AvgIpc) is 2.96. The second kappa shape index (κ2) is 8.04. The first-order valence-electron chi connectivity index (χ1n) is 9.53. The number of benzene rings is 1. The number of fused-ring (bicyclic) bond motifs is 1. The van der Waals surface area contributed by atoms with Gasteiger partial charge in [-0.25, -0.2) is 13.2 Å². The number of aromatic nitrogens is 2. The molecular weight excluding hydrogens is 416 g/mol. The third kappa shape index (κ3) is 4.70. The Morgan fingerprint density at radius 3 is 2.55 bits per heavy atom. The predicted molar refractivity (Wildman–Crippen MR) is 118 cm³/mol. The number of para-hydroxylation sites is 1. The van der Waals surface area contributed by atoms with Crippen LogP contribution in [0.25, 0.3) is 22.2 Å². The molecular formula is C22H24N4O4S. The molecule has 0 aliphatic heterocycles. The Morgan fingerprint density at radius 1 is 1.26 bits per heavy atom. The second-order valence-corrected chi connectivity index (χ2v) is 10.4. The van der Waals surface area contributed by atoms with E-state index in [9.17, 15) is 18.5 Å². The van der Waals surface area contributed by atoms with E-state index in [-0.39, 0.29) is 5.56 Å². The number of alkyl carbamates (subject to hydrolysis) is 1. The molecule has 1 unspecified atom stereocenters. The van der Waals surface area contributed by atoms with Gasteiger partial charge in [-0.3, -0.25) is 4.98 Å². The van der Waals surface area contributed by atoms with Crippen molar-refractivity contribution in [2.45, 2.75) is 31.7 Å². The van der Waals surface area contributed by atoms with Crippen LogP contribution in [-0.2, 0) is 21.6 Å². The number of ether oxygens (including phenoxy) is 1. The number of sulfone groups is 1. The van der Waals surface area contributed by atoms with Gasteiger partial charge in [-0.15, -0.1) is 0 Å². The Balaban J connectivity index is 2.10. The minimum atomic E-state index is -3.74. The van der Waals surface area contributed by atoms with Crippen LogP contribution in [0.3, 0.4) is 0 Å². The largest absolute Gasteiger partial charge is 0.444 e. The van der Waals surface area contributed by atoms with E-state index in [2.05, 4.69) is 16.4 Å². The summed E-state index contributed by atoms with van der Waals surface area (Å²) in [5.41, 5.74) is 1.99. The first-order valence-corrected chi connectivity index (χ1v) is 11.5. The lowest BCUT2D eigenvalue weighted by Gasteiger charge is -2.23. The van der Waals surface area contributed by atoms with E-state index in [0.717, 1.165) is 17.2 Å². The number of nitrogens with zero attached hydrogens (tertiary/aromatic N) is 3. The molecule has 2 heterocycles. The Hall–Kier alpha value is -3.38. The number of nitriles is 1. The van der Waals surface area contributed by atoms with Crippen molar-refractivity contribution in [1.29, 1.82) is 5.26 Å². The summed E-state index contributed by atoms with van der Waals surface area (Å²) in [5, 5.41) is 11.6. The van der Waals surface area contributed by atoms with Gasteiger partial charge in [-0.1, -0.05) is 18.2 Å². The maximum absolute atomic E-state index is 12.5.